The van der Waals surface area contributed by atoms with Gasteiger partial charge in [-0.05, 0) is 120 Å². The number of nitrogens with zero attached hydrogens (tertiary/aromatic N) is 2. The summed E-state index contributed by atoms with van der Waals surface area (Å²) in [4.78, 5) is 17.8. The number of benzene rings is 4. The van der Waals surface area contributed by atoms with Gasteiger partial charge in [0.25, 0.3) is 0 Å². The highest BCUT2D eigenvalue weighted by molar-refractivity contribution is 5.98. The Hall–Kier alpha value is -7.06. The van der Waals surface area contributed by atoms with E-state index in [0.29, 0.717) is 24.2 Å². The number of phenols is 4. The third-order valence-electron chi connectivity index (χ3n) is 9.59. The molecule has 8 heteroatoms. The van der Waals surface area contributed by atoms with Gasteiger partial charge in [0.1, 0.15) is 23.0 Å². The molecule has 0 atom stereocenters. The van der Waals surface area contributed by atoms with Gasteiger partial charge in [-0.15, -0.1) is 0 Å². The van der Waals surface area contributed by atoms with E-state index in [1.807, 2.05) is 84.9 Å². The van der Waals surface area contributed by atoms with Crippen LogP contribution >= 0.6 is 0 Å². The molecule has 6 N–H and O–H groups in total. The highest BCUT2D eigenvalue weighted by atomic mass is 16.3. The molecule has 0 radical (unpaired) electrons. The van der Waals surface area contributed by atoms with Crippen molar-refractivity contribution in [3.05, 3.63) is 144 Å². The fourth-order valence-corrected chi connectivity index (χ4v) is 7.37. The van der Waals surface area contributed by atoms with E-state index in [4.69, 9.17) is 9.97 Å². The van der Waals surface area contributed by atoms with E-state index < -0.39 is 0 Å². The number of hydrogen-bond donors (Lipinski definition) is 6. The molecule has 0 saturated carbocycles. The number of hydrogen-bond acceptors (Lipinski definition) is 6. The molecule has 2 aliphatic heterocycles. The van der Waals surface area contributed by atoms with Crippen molar-refractivity contribution in [3.63, 3.8) is 0 Å². The molecule has 9 rings (SSSR count). The lowest BCUT2D eigenvalue weighted by Crippen LogP contribution is -1.92. The Labute approximate surface area is 298 Å². The lowest BCUT2D eigenvalue weighted by Gasteiger charge is -2.07. The van der Waals surface area contributed by atoms with Gasteiger partial charge in [0, 0.05) is 44.3 Å². The molecular formula is C44H32N4O4. The van der Waals surface area contributed by atoms with E-state index in [2.05, 4.69) is 9.97 Å². The number of phenolic OH excluding ortho intramolecular Hbond substituents is 4. The molecule has 5 heterocycles. The van der Waals surface area contributed by atoms with Gasteiger partial charge >= 0.3 is 0 Å². The average molecular weight is 681 g/mol. The lowest BCUT2D eigenvalue weighted by molar-refractivity contribution is 0.475. The summed E-state index contributed by atoms with van der Waals surface area (Å²) in [5.41, 5.74) is 12.7. The molecule has 52 heavy (non-hydrogen) atoms. The highest BCUT2D eigenvalue weighted by Gasteiger charge is 2.22. The Balaban J connectivity index is 1.48. The van der Waals surface area contributed by atoms with Crippen LogP contribution in [-0.2, 0) is 12.8 Å². The van der Waals surface area contributed by atoms with Gasteiger partial charge in [0.15, 0.2) is 0 Å². The van der Waals surface area contributed by atoms with E-state index >= 15 is 0 Å². The predicted molar refractivity (Wildman–Crippen MR) is 206 cm³/mol. The summed E-state index contributed by atoms with van der Waals surface area (Å²) in [6.45, 7) is 0. The maximum Gasteiger partial charge on any atom is 0.116 e. The van der Waals surface area contributed by atoms with Gasteiger partial charge in [-0.3, -0.25) is 4.98 Å². The standard InChI is InChI=1S/C44H32N4O4/c49-29-9-1-5-25(21-29)41-33-13-15-35(45-33)42(26-6-2-10-30(50)22-26)37-17-19-39(47-37)44(28-8-4-12-32(52)24-28)40-20-18-38(48-40)43(36-16-14-34(41)46-36)27-7-3-11-31(51)23-27/h1-17,19,21-24,45-46,49-52H,18,20H2. The van der Waals surface area contributed by atoms with Gasteiger partial charge in [0.2, 0.25) is 0 Å². The Morgan fingerprint density at radius 3 is 1.23 bits per heavy atom. The summed E-state index contributed by atoms with van der Waals surface area (Å²) in [5.74, 6) is 0.570. The number of H-pyrrole nitrogens is 2. The zero-order chi connectivity index (χ0) is 35.3. The molecule has 0 amide bonds. The summed E-state index contributed by atoms with van der Waals surface area (Å²) in [5, 5.41) is 42.3. The summed E-state index contributed by atoms with van der Waals surface area (Å²) in [6, 6.07) is 36.7. The van der Waals surface area contributed by atoms with Gasteiger partial charge < -0.3 is 30.4 Å². The van der Waals surface area contributed by atoms with Crippen LogP contribution in [-0.4, -0.2) is 40.4 Å². The Morgan fingerprint density at radius 1 is 0.385 bits per heavy atom. The van der Waals surface area contributed by atoms with Crippen molar-refractivity contribution in [2.24, 2.45) is 0 Å². The van der Waals surface area contributed by atoms with Gasteiger partial charge in [-0.25, -0.2) is 4.98 Å². The summed E-state index contributed by atoms with van der Waals surface area (Å²) in [7, 11) is 0. The molecule has 8 nitrogen and oxygen atoms in total. The first-order valence-corrected chi connectivity index (χ1v) is 17.0. The first-order chi connectivity index (χ1) is 25.4. The number of aromatic nitrogens is 4. The smallest absolute Gasteiger partial charge is 0.116 e. The van der Waals surface area contributed by atoms with E-state index in [0.717, 1.165) is 78.0 Å². The van der Waals surface area contributed by atoms with Crippen molar-refractivity contribution in [1.29, 1.82) is 0 Å². The molecule has 0 saturated heterocycles. The van der Waals surface area contributed by atoms with E-state index in [1.54, 1.807) is 48.5 Å². The van der Waals surface area contributed by atoms with Crippen molar-refractivity contribution >= 4 is 34.2 Å². The van der Waals surface area contributed by atoms with Crippen LogP contribution in [0.1, 0.15) is 22.8 Å². The Bertz CT molecular complexity index is 2760. The molecule has 0 unspecified atom stereocenters. The quantitative estimate of drug-likeness (QED) is 0.109. The number of aryl methyl sites for hydroxylation is 2. The van der Waals surface area contributed by atoms with Gasteiger partial charge in [0.05, 0.1) is 22.8 Å². The second-order valence-electron chi connectivity index (χ2n) is 13.0. The number of aromatic amines is 2. The van der Waals surface area contributed by atoms with Crippen LogP contribution in [0.25, 0.3) is 78.7 Å². The minimum absolute atomic E-state index is 0.135. The molecule has 0 fully saturated rings. The third-order valence-corrected chi connectivity index (χ3v) is 9.59. The van der Waals surface area contributed by atoms with Crippen LogP contribution in [0.15, 0.2) is 121 Å². The molecule has 7 aromatic rings. The fourth-order valence-electron chi connectivity index (χ4n) is 7.37. The zero-order valence-corrected chi connectivity index (χ0v) is 27.8. The fraction of sp³-hybridized carbons (Fsp3) is 0.0455. The van der Waals surface area contributed by atoms with E-state index in [1.165, 1.54) is 0 Å². The average Bonchev–Trinajstić information content (AvgIpc) is 3.96. The van der Waals surface area contributed by atoms with Crippen molar-refractivity contribution in [3.8, 4) is 67.5 Å². The van der Waals surface area contributed by atoms with Crippen molar-refractivity contribution < 1.29 is 20.4 Å². The minimum Gasteiger partial charge on any atom is -0.508 e. The van der Waals surface area contributed by atoms with Crippen LogP contribution < -0.4 is 0 Å². The van der Waals surface area contributed by atoms with Gasteiger partial charge in [-0.1, -0.05) is 48.5 Å². The maximum absolute atomic E-state index is 10.6. The molecule has 0 aliphatic carbocycles. The van der Waals surface area contributed by atoms with Gasteiger partial charge in [-0.2, -0.15) is 0 Å². The molecule has 0 spiro atoms. The second-order valence-corrected chi connectivity index (χ2v) is 13.0. The minimum atomic E-state index is 0.135. The monoisotopic (exact) mass is 680 g/mol. The third kappa shape index (κ3) is 5.52. The van der Waals surface area contributed by atoms with Crippen LogP contribution in [0.4, 0.5) is 0 Å². The topological polar surface area (TPSA) is 138 Å². The second kappa shape index (κ2) is 12.4. The zero-order valence-electron chi connectivity index (χ0n) is 27.8. The number of rotatable bonds is 4. The molecule has 252 valence electrons. The van der Waals surface area contributed by atoms with E-state index in [9.17, 15) is 20.4 Å². The molecule has 3 aromatic heterocycles. The van der Waals surface area contributed by atoms with Crippen LogP contribution in [0, 0.1) is 0 Å². The SMILES string of the molecule is Oc1cccc(-c2c3nc(c(-c4cccc(O)c4)c4ccc([nH]4)c(-c4cccc(O)c4)c4ccc([nH]4)c(-c4cccc(O)c4)c4nc2CC4)C=C3)c1. The highest BCUT2D eigenvalue weighted by Crippen LogP contribution is 2.39. The maximum atomic E-state index is 10.6. The number of fused-ring (bicyclic) bond motifs is 8. The molecule has 8 bridgehead atoms. The Morgan fingerprint density at radius 2 is 0.750 bits per heavy atom. The predicted octanol–water partition coefficient (Wildman–Crippen LogP) is 9.76. The Kier molecular flexibility index (Phi) is 7.36. The van der Waals surface area contributed by atoms with Crippen molar-refractivity contribution in [1.82, 2.24) is 19.9 Å². The lowest BCUT2D eigenvalue weighted by atomic mass is 9.99. The first-order valence-electron chi connectivity index (χ1n) is 17.0. The van der Waals surface area contributed by atoms with Crippen LogP contribution in [0.5, 0.6) is 23.0 Å². The van der Waals surface area contributed by atoms with Crippen LogP contribution in [0.2, 0.25) is 0 Å². The normalized spacial score (nSPS) is 12.3. The summed E-state index contributed by atoms with van der Waals surface area (Å²) in [6.07, 6.45) is 5.20. The van der Waals surface area contributed by atoms with Crippen molar-refractivity contribution in [2.45, 2.75) is 12.8 Å². The summed E-state index contributed by atoms with van der Waals surface area (Å²) < 4.78 is 0. The molecular weight excluding hydrogens is 649 g/mol. The number of nitrogens with one attached hydrogen (secondary N) is 2. The summed E-state index contributed by atoms with van der Waals surface area (Å²) >= 11 is 0. The molecule has 4 aromatic carbocycles. The largest absolute Gasteiger partial charge is 0.508 e. The van der Waals surface area contributed by atoms with E-state index in [-0.39, 0.29) is 23.0 Å². The first kappa shape index (κ1) is 31.0. The molecule has 2 aliphatic rings. The number of aromatic hydroxyl groups is 4. The van der Waals surface area contributed by atoms with Crippen molar-refractivity contribution in [2.75, 3.05) is 0 Å². The van der Waals surface area contributed by atoms with Crippen LogP contribution in [0.3, 0.4) is 0 Å².